The first-order valence-corrected chi connectivity index (χ1v) is 3.97. The molecule has 90 valence electrons. The van der Waals surface area contributed by atoms with Crippen molar-refractivity contribution in [1.82, 2.24) is 0 Å². The van der Waals surface area contributed by atoms with Crippen LogP contribution >= 0.6 is 0 Å². The summed E-state index contributed by atoms with van der Waals surface area (Å²) in [6, 6.07) is 0. The fourth-order valence-electron chi connectivity index (χ4n) is 0.708. The second-order valence-corrected chi connectivity index (χ2v) is 3.25. The van der Waals surface area contributed by atoms with E-state index in [2.05, 4.69) is 9.47 Å². The van der Waals surface area contributed by atoms with Gasteiger partial charge in [0.2, 0.25) is 0 Å². The molecule has 0 saturated carbocycles. The van der Waals surface area contributed by atoms with Crippen LogP contribution in [0, 0.1) is 0 Å². The minimum Gasteiger partial charge on any atom is -0.371 e. The van der Waals surface area contributed by atoms with E-state index in [4.69, 9.17) is 0 Å². The number of epoxide rings is 1. The summed E-state index contributed by atoms with van der Waals surface area (Å²) < 4.78 is 82.4. The SMILES string of the molecule is CC(F)(F)C(F)(F)C(F)(F)OCC1CO1. The van der Waals surface area contributed by atoms with Crippen molar-refractivity contribution in [2.45, 2.75) is 31.0 Å². The first kappa shape index (κ1) is 12.6. The number of alkyl halides is 6. The van der Waals surface area contributed by atoms with E-state index in [0.717, 1.165) is 0 Å². The van der Waals surface area contributed by atoms with Gasteiger partial charge in [-0.2, -0.15) is 26.3 Å². The van der Waals surface area contributed by atoms with Crippen molar-refractivity contribution < 1.29 is 35.8 Å². The van der Waals surface area contributed by atoms with Crippen LogP contribution in [0.2, 0.25) is 0 Å². The summed E-state index contributed by atoms with van der Waals surface area (Å²) in [7, 11) is 0. The Kier molecular flexibility index (Phi) is 2.94. The maximum absolute atomic E-state index is 12.6. The van der Waals surface area contributed by atoms with Crippen molar-refractivity contribution in [3.05, 3.63) is 0 Å². The zero-order chi connectivity index (χ0) is 11.9. The predicted molar refractivity (Wildman–Crippen MR) is 36.2 cm³/mol. The van der Waals surface area contributed by atoms with E-state index in [0.29, 0.717) is 0 Å². The molecule has 0 spiro atoms. The van der Waals surface area contributed by atoms with Gasteiger partial charge in [-0.1, -0.05) is 0 Å². The molecule has 1 saturated heterocycles. The molecule has 2 nitrogen and oxygen atoms in total. The van der Waals surface area contributed by atoms with Crippen molar-refractivity contribution >= 4 is 0 Å². The molecule has 0 aromatic heterocycles. The van der Waals surface area contributed by atoms with Gasteiger partial charge in [0.25, 0.3) is 0 Å². The van der Waals surface area contributed by atoms with E-state index in [9.17, 15) is 26.3 Å². The van der Waals surface area contributed by atoms with Crippen molar-refractivity contribution in [3.8, 4) is 0 Å². The maximum atomic E-state index is 12.6. The summed E-state index contributed by atoms with van der Waals surface area (Å²) >= 11 is 0. The van der Waals surface area contributed by atoms with Gasteiger partial charge in [-0.05, 0) is 0 Å². The molecular weight excluding hydrogens is 230 g/mol. The highest BCUT2D eigenvalue weighted by molar-refractivity contribution is 4.89. The zero-order valence-corrected chi connectivity index (χ0v) is 7.58. The van der Waals surface area contributed by atoms with Crippen LogP contribution in [-0.2, 0) is 9.47 Å². The molecular formula is C7H8F6O2. The lowest BCUT2D eigenvalue weighted by Gasteiger charge is -2.29. The number of hydrogen-bond acceptors (Lipinski definition) is 2. The molecule has 0 amide bonds. The predicted octanol–water partition coefficient (Wildman–Crippen LogP) is 2.29. The molecule has 0 bridgehead atoms. The number of hydrogen-bond donors (Lipinski definition) is 0. The second kappa shape index (κ2) is 3.51. The molecule has 8 heteroatoms. The highest BCUT2D eigenvalue weighted by atomic mass is 19.3. The van der Waals surface area contributed by atoms with Gasteiger partial charge in [-0.15, -0.1) is 0 Å². The van der Waals surface area contributed by atoms with Crippen LogP contribution in [0.4, 0.5) is 26.3 Å². The largest absolute Gasteiger partial charge is 0.425 e. The summed E-state index contributed by atoms with van der Waals surface area (Å²) in [5.74, 6) is -10.4. The molecule has 1 rings (SSSR count). The standard InChI is InChI=1S/C7H8F6O2/c1-5(8,9)6(10,11)7(12,13)15-3-4-2-14-4/h4H,2-3H2,1H3. The van der Waals surface area contributed by atoms with Crippen molar-refractivity contribution in [2.24, 2.45) is 0 Å². The van der Waals surface area contributed by atoms with E-state index in [-0.39, 0.29) is 13.5 Å². The summed E-state index contributed by atoms with van der Waals surface area (Å²) in [4.78, 5) is 0. The number of rotatable bonds is 5. The molecule has 0 N–H and O–H groups in total. The molecule has 1 fully saturated rings. The Morgan fingerprint density at radius 3 is 2.00 bits per heavy atom. The monoisotopic (exact) mass is 238 g/mol. The van der Waals surface area contributed by atoms with Gasteiger partial charge >= 0.3 is 18.0 Å². The van der Waals surface area contributed by atoms with Crippen LogP contribution in [-0.4, -0.2) is 37.3 Å². The van der Waals surface area contributed by atoms with Crippen LogP contribution in [0.15, 0.2) is 0 Å². The Labute approximate surface area is 81.1 Å². The summed E-state index contributed by atoms with van der Waals surface area (Å²) in [6.07, 6.45) is -5.92. The van der Waals surface area contributed by atoms with Crippen LogP contribution in [0.1, 0.15) is 6.92 Å². The average Bonchev–Trinajstić information content (AvgIpc) is 2.81. The minimum absolute atomic E-state index is 0.101. The third-order valence-electron chi connectivity index (χ3n) is 1.77. The quantitative estimate of drug-likeness (QED) is 0.541. The molecule has 1 heterocycles. The lowest BCUT2D eigenvalue weighted by molar-refractivity contribution is -0.395. The zero-order valence-electron chi connectivity index (χ0n) is 7.58. The Hall–Kier alpha value is -0.500. The fraction of sp³-hybridized carbons (Fsp3) is 1.00. The highest BCUT2D eigenvalue weighted by Crippen LogP contribution is 2.46. The molecule has 1 aliphatic rings. The van der Waals surface area contributed by atoms with Gasteiger partial charge < -0.3 is 9.47 Å². The Morgan fingerprint density at radius 1 is 1.20 bits per heavy atom. The normalized spacial score (nSPS) is 23.0. The molecule has 0 aromatic rings. The van der Waals surface area contributed by atoms with E-state index in [1.807, 2.05) is 0 Å². The fourth-order valence-corrected chi connectivity index (χ4v) is 0.708. The van der Waals surface area contributed by atoms with Crippen molar-refractivity contribution in [3.63, 3.8) is 0 Å². The number of halogens is 6. The van der Waals surface area contributed by atoms with Gasteiger partial charge in [-0.25, -0.2) is 0 Å². The summed E-state index contributed by atoms with van der Waals surface area (Å²) in [5.41, 5.74) is 0. The van der Waals surface area contributed by atoms with Gasteiger partial charge in [-0.3, -0.25) is 0 Å². The first-order chi connectivity index (χ1) is 6.58. The van der Waals surface area contributed by atoms with Crippen LogP contribution in [0.5, 0.6) is 0 Å². The van der Waals surface area contributed by atoms with Gasteiger partial charge in [0.05, 0.1) is 13.2 Å². The third-order valence-corrected chi connectivity index (χ3v) is 1.77. The van der Waals surface area contributed by atoms with E-state index in [1.54, 1.807) is 0 Å². The van der Waals surface area contributed by atoms with Gasteiger partial charge in [0.1, 0.15) is 6.10 Å². The van der Waals surface area contributed by atoms with E-state index >= 15 is 0 Å². The lowest BCUT2D eigenvalue weighted by Crippen LogP contribution is -2.54. The Balaban J connectivity index is 2.64. The topological polar surface area (TPSA) is 21.8 Å². The molecule has 1 aliphatic heterocycles. The third kappa shape index (κ3) is 2.54. The minimum atomic E-state index is -5.55. The van der Waals surface area contributed by atoms with Crippen LogP contribution < -0.4 is 0 Å². The maximum Gasteiger partial charge on any atom is 0.425 e. The molecule has 1 unspecified atom stereocenters. The van der Waals surface area contributed by atoms with Crippen molar-refractivity contribution in [1.29, 1.82) is 0 Å². The van der Waals surface area contributed by atoms with Gasteiger partial charge in [0.15, 0.2) is 0 Å². The van der Waals surface area contributed by atoms with E-state index in [1.165, 1.54) is 0 Å². The van der Waals surface area contributed by atoms with Crippen molar-refractivity contribution in [2.75, 3.05) is 13.2 Å². The summed E-state index contributed by atoms with van der Waals surface area (Å²) in [6.45, 7) is -1.03. The Bertz CT molecular complexity index is 232. The summed E-state index contributed by atoms with van der Waals surface area (Å²) in [5, 5.41) is 0. The second-order valence-electron chi connectivity index (χ2n) is 3.25. The molecule has 0 radical (unpaired) electrons. The number of ether oxygens (including phenoxy) is 2. The Morgan fingerprint density at radius 2 is 1.67 bits per heavy atom. The smallest absolute Gasteiger partial charge is 0.371 e. The van der Waals surface area contributed by atoms with E-state index < -0.39 is 30.7 Å². The van der Waals surface area contributed by atoms with Crippen LogP contribution in [0.25, 0.3) is 0 Å². The van der Waals surface area contributed by atoms with Gasteiger partial charge in [0, 0.05) is 6.92 Å². The lowest BCUT2D eigenvalue weighted by atomic mass is 10.2. The average molecular weight is 238 g/mol. The molecule has 0 aromatic carbocycles. The molecule has 15 heavy (non-hydrogen) atoms. The molecule has 1 atom stereocenters. The van der Waals surface area contributed by atoms with Crippen LogP contribution in [0.3, 0.4) is 0 Å². The first-order valence-electron chi connectivity index (χ1n) is 3.97. The molecule has 0 aliphatic carbocycles. The highest BCUT2D eigenvalue weighted by Gasteiger charge is 2.70.